The minimum atomic E-state index is 0.117. The van der Waals surface area contributed by atoms with Gasteiger partial charge in [0.25, 0.3) is 0 Å². The van der Waals surface area contributed by atoms with E-state index in [9.17, 15) is 4.79 Å². The maximum absolute atomic E-state index is 11.5. The third-order valence-electron chi connectivity index (χ3n) is 3.14. The summed E-state index contributed by atoms with van der Waals surface area (Å²) < 4.78 is 0. The van der Waals surface area contributed by atoms with E-state index in [1.165, 1.54) is 22.3 Å². The van der Waals surface area contributed by atoms with Crippen LogP contribution in [-0.4, -0.2) is 26.0 Å². The molecule has 0 fully saturated rings. The lowest BCUT2D eigenvalue weighted by atomic mass is 9.97. The highest BCUT2D eigenvalue weighted by Crippen LogP contribution is 2.16. The van der Waals surface area contributed by atoms with Gasteiger partial charge in [-0.2, -0.15) is 0 Å². The van der Waals surface area contributed by atoms with Gasteiger partial charge in [0.2, 0.25) is 5.91 Å². The molecule has 0 spiro atoms. The lowest BCUT2D eigenvalue weighted by Crippen LogP contribution is -2.28. The minimum absolute atomic E-state index is 0.117. The Morgan fingerprint density at radius 1 is 1.11 bits per heavy atom. The van der Waals surface area contributed by atoms with Gasteiger partial charge < -0.3 is 10.6 Å². The Hall–Kier alpha value is -1.35. The van der Waals surface area contributed by atoms with Crippen LogP contribution >= 0.6 is 0 Å². The lowest BCUT2D eigenvalue weighted by molar-refractivity contribution is -0.120. The molecule has 100 valence electrons. The van der Waals surface area contributed by atoms with Crippen molar-refractivity contribution in [3.63, 3.8) is 0 Å². The summed E-state index contributed by atoms with van der Waals surface area (Å²) in [7, 11) is 1.85. The number of nitrogens with one attached hydrogen (secondary N) is 2. The Morgan fingerprint density at radius 3 is 2.28 bits per heavy atom. The average molecular weight is 248 g/mol. The number of hydrogen-bond acceptors (Lipinski definition) is 2. The molecule has 0 radical (unpaired) electrons. The fourth-order valence-electron chi connectivity index (χ4n) is 2.26. The van der Waals surface area contributed by atoms with E-state index >= 15 is 0 Å². The van der Waals surface area contributed by atoms with E-state index in [1.807, 2.05) is 7.05 Å². The molecule has 0 unspecified atom stereocenters. The number of benzene rings is 1. The maximum atomic E-state index is 11.5. The minimum Gasteiger partial charge on any atom is -0.356 e. The standard InChI is InChI=1S/C15H24N2O/c1-11-9-12(2)14(13(3)10-11)5-8-17-15(18)6-7-16-4/h9-10,16H,5-8H2,1-4H3,(H,17,18). The predicted octanol–water partition coefficient (Wildman–Crippen LogP) is 1.88. The van der Waals surface area contributed by atoms with Gasteiger partial charge in [-0.05, 0) is 50.9 Å². The van der Waals surface area contributed by atoms with E-state index in [4.69, 9.17) is 0 Å². The maximum Gasteiger partial charge on any atom is 0.221 e. The van der Waals surface area contributed by atoms with E-state index in [2.05, 4.69) is 43.5 Å². The Kier molecular flexibility index (Phi) is 5.86. The number of amides is 1. The summed E-state index contributed by atoms with van der Waals surface area (Å²) >= 11 is 0. The van der Waals surface area contributed by atoms with Gasteiger partial charge in [0, 0.05) is 19.5 Å². The second-order valence-electron chi connectivity index (χ2n) is 4.83. The average Bonchev–Trinajstić information content (AvgIpc) is 2.29. The zero-order valence-electron chi connectivity index (χ0n) is 11.9. The molecule has 18 heavy (non-hydrogen) atoms. The molecule has 0 bridgehead atoms. The second-order valence-corrected chi connectivity index (χ2v) is 4.83. The molecule has 0 aromatic heterocycles. The van der Waals surface area contributed by atoms with Crippen LogP contribution in [0.2, 0.25) is 0 Å². The van der Waals surface area contributed by atoms with Crippen LogP contribution < -0.4 is 10.6 Å². The quantitative estimate of drug-likeness (QED) is 0.807. The SMILES string of the molecule is CNCCC(=O)NCCc1c(C)cc(C)cc1C. The zero-order valence-corrected chi connectivity index (χ0v) is 11.9. The van der Waals surface area contributed by atoms with Gasteiger partial charge in [-0.25, -0.2) is 0 Å². The largest absolute Gasteiger partial charge is 0.356 e. The number of hydrogen-bond donors (Lipinski definition) is 2. The summed E-state index contributed by atoms with van der Waals surface area (Å²) in [5.74, 6) is 0.117. The molecule has 0 atom stereocenters. The van der Waals surface area contributed by atoms with Crippen LogP contribution in [0.25, 0.3) is 0 Å². The Bertz CT molecular complexity index is 390. The smallest absolute Gasteiger partial charge is 0.221 e. The van der Waals surface area contributed by atoms with Gasteiger partial charge >= 0.3 is 0 Å². The number of carbonyl (C=O) groups excluding carboxylic acids is 1. The van der Waals surface area contributed by atoms with Crippen molar-refractivity contribution in [2.45, 2.75) is 33.6 Å². The first-order valence-corrected chi connectivity index (χ1v) is 6.52. The zero-order chi connectivity index (χ0) is 13.5. The number of rotatable bonds is 6. The molecule has 1 aromatic rings. The van der Waals surface area contributed by atoms with Crippen LogP contribution in [0.4, 0.5) is 0 Å². The van der Waals surface area contributed by atoms with E-state index in [-0.39, 0.29) is 5.91 Å². The molecular formula is C15H24N2O. The van der Waals surface area contributed by atoms with Crippen molar-refractivity contribution >= 4 is 5.91 Å². The van der Waals surface area contributed by atoms with Crippen molar-refractivity contribution in [3.05, 3.63) is 34.4 Å². The summed E-state index contributed by atoms with van der Waals surface area (Å²) in [4.78, 5) is 11.5. The van der Waals surface area contributed by atoms with Gasteiger partial charge in [-0.15, -0.1) is 0 Å². The monoisotopic (exact) mass is 248 g/mol. The fourth-order valence-corrected chi connectivity index (χ4v) is 2.26. The molecule has 0 heterocycles. The van der Waals surface area contributed by atoms with Crippen molar-refractivity contribution in [1.29, 1.82) is 0 Å². The second kappa shape index (κ2) is 7.17. The van der Waals surface area contributed by atoms with Crippen LogP contribution in [0.15, 0.2) is 12.1 Å². The Labute approximate surface area is 110 Å². The lowest BCUT2D eigenvalue weighted by Gasteiger charge is -2.12. The van der Waals surface area contributed by atoms with Gasteiger partial charge in [0.15, 0.2) is 0 Å². The molecule has 0 aliphatic carbocycles. The van der Waals surface area contributed by atoms with Crippen molar-refractivity contribution in [2.24, 2.45) is 0 Å². The van der Waals surface area contributed by atoms with E-state index in [1.54, 1.807) is 0 Å². The van der Waals surface area contributed by atoms with Gasteiger partial charge in [0.1, 0.15) is 0 Å². The first-order chi connectivity index (χ1) is 8.54. The fraction of sp³-hybridized carbons (Fsp3) is 0.533. The summed E-state index contributed by atoms with van der Waals surface area (Å²) in [5, 5.41) is 5.93. The summed E-state index contributed by atoms with van der Waals surface area (Å²) in [6.45, 7) is 7.83. The third kappa shape index (κ3) is 4.49. The van der Waals surface area contributed by atoms with Crippen LogP contribution in [0.1, 0.15) is 28.7 Å². The third-order valence-corrected chi connectivity index (χ3v) is 3.14. The molecule has 0 aliphatic rings. The van der Waals surface area contributed by atoms with Crippen LogP contribution in [0.5, 0.6) is 0 Å². The first kappa shape index (κ1) is 14.7. The van der Waals surface area contributed by atoms with Gasteiger partial charge in [0.05, 0.1) is 0 Å². The number of aryl methyl sites for hydroxylation is 3. The van der Waals surface area contributed by atoms with Crippen molar-refractivity contribution in [1.82, 2.24) is 10.6 Å². The van der Waals surface area contributed by atoms with E-state index < -0.39 is 0 Å². The highest BCUT2D eigenvalue weighted by atomic mass is 16.1. The summed E-state index contributed by atoms with van der Waals surface area (Å²) in [6, 6.07) is 4.40. The molecule has 0 aliphatic heterocycles. The molecule has 0 saturated carbocycles. The summed E-state index contributed by atoms with van der Waals surface area (Å²) in [6.07, 6.45) is 1.45. The Balaban J connectivity index is 2.47. The molecular weight excluding hydrogens is 224 g/mol. The highest BCUT2D eigenvalue weighted by Gasteiger charge is 2.05. The van der Waals surface area contributed by atoms with Crippen molar-refractivity contribution < 1.29 is 4.79 Å². The van der Waals surface area contributed by atoms with E-state index in [0.29, 0.717) is 13.0 Å². The van der Waals surface area contributed by atoms with Gasteiger partial charge in [-0.1, -0.05) is 17.7 Å². The first-order valence-electron chi connectivity index (χ1n) is 6.52. The molecule has 1 rings (SSSR count). The molecule has 1 aromatic carbocycles. The molecule has 3 nitrogen and oxygen atoms in total. The topological polar surface area (TPSA) is 41.1 Å². The van der Waals surface area contributed by atoms with Gasteiger partial charge in [-0.3, -0.25) is 4.79 Å². The van der Waals surface area contributed by atoms with E-state index in [0.717, 1.165) is 13.0 Å². The summed E-state index contributed by atoms with van der Waals surface area (Å²) in [5.41, 5.74) is 5.29. The molecule has 1 amide bonds. The predicted molar refractivity (Wildman–Crippen MR) is 75.9 cm³/mol. The molecule has 2 N–H and O–H groups in total. The molecule has 3 heteroatoms. The Morgan fingerprint density at radius 2 is 1.72 bits per heavy atom. The number of carbonyl (C=O) groups is 1. The highest BCUT2D eigenvalue weighted by molar-refractivity contribution is 5.76. The molecule has 0 saturated heterocycles. The van der Waals surface area contributed by atoms with Crippen LogP contribution in [-0.2, 0) is 11.2 Å². The van der Waals surface area contributed by atoms with Crippen LogP contribution in [0.3, 0.4) is 0 Å². The van der Waals surface area contributed by atoms with Crippen molar-refractivity contribution in [2.75, 3.05) is 20.1 Å². The van der Waals surface area contributed by atoms with Crippen LogP contribution in [0, 0.1) is 20.8 Å². The van der Waals surface area contributed by atoms with Crippen molar-refractivity contribution in [3.8, 4) is 0 Å². The normalized spacial score (nSPS) is 10.4.